The van der Waals surface area contributed by atoms with Crippen molar-refractivity contribution < 1.29 is 8.42 Å². The third-order valence-corrected chi connectivity index (χ3v) is 6.39. The van der Waals surface area contributed by atoms with Gasteiger partial charge in [-0.25, -0.2) is 8.42 Å². The van der Waals surface area contributed by atoms with E-state index in [0.717, 1.165) is 0 Å². The molecular formula is C12H16Cl2N2O2S. The first-order chi connectivity index (χ1) is 8.75. The maximum Gasteiger partial charge on any atom is 0.244 e. The molecule has 0 aromatic heterocycles. The van der Waals surface area contributed by atoms with Crippen LogP contribution in [0.15, 0.2) is 17.0 Å². The number of nitrogen functional groups attached to an aromatic ring is 1. The maximum absolute atomic E-state index is 12.6. The van der Waals surface area contributed by atoms with Gasteiger partial charge in [-0.05, 0) is 24.0 Å². The first kappa shape index (κ1) is 14.9. The molecule has 1 aliphatic rings. The van der Waals surface area contributed by atoms with Crippen LogP contribution in [-0.4, -0.2) is 25.8 Å². The molecule has 0 aliphatic carbocycles. The number of rotatable bonds is 2. The molecule has 0 spiro atoms. The van der Waals surface area contributed by atoms with Gasteiger partial charge in [-0.1, -0.05) is 37.0 Å². The molecule has 7 heteroatoms. The van der Waals surface area contributed by atoms with Crippen molar-refractivity contribution in [2.45, 2.75) is 18.7 Å². The molecule has 19 heavy (non-hydrogen) atoms. The number of halogens is 2. The second-order valence-electron chi connectivity index (χ2n) is 5.05. The Morgan fingerprint density at radius 1 is 1.21 bits per heavy atom. The Morgan fingerprint density at radius 2 is 1.74 bits per heavy atom. The number of nitrogens with zero attached hydrogens (tertiary/aromatic N) is 1. The summed E-state index contributed by atoms with van der Waals surface area (Å²) in [6, 6.07) is 2.86. The number of hydrogen-bond acceptors (Lipinski definition) is 3. The predicted octanol–water partition coefficient (Wildman–Crippen LogP) is 2.85. The summed E-state index contributed by atoms with van der Waals surface area (Å²) >= 11 is 11.8. The third kappa shape index (κ3) is 2.57. The van der Waals surface area contributed by atoms with Gasteiger partial charge in [0.25, 0.3) is 0 Å². The number of hydrogen-bond donors (Lipinski definition) is 1. The zero-order valence-corrected chi connectivity index (χ0v) is 13.1. The Morgan fingerprint density at radius 3 is 2.26 bits per heavy atom. The van der Waals surface area contributed by atoms with Crippen LogP contribution in [0.25, 0.3) is 0 Å². The Bertz CT molecular complexity index is 594. The van der Waals surface area contributed by atoms with Crippen molar-refractivity contribution in [2.24, 2.45) is 11.8 Å². The number of nitrogens with two attached hydrogens (primary N) is 1. The lowest BCUT2D eigenvalue weighted by Crippen LogP contribution is -2.29. The number of anilines is 1. The lowest BCUT2D eigenvalue weighted by molar-refractivity contribution is 0.463. The monoisotopic (exact) mass is 322 g/mol. The van der Waals surface area contributed by atoms with E-state index in [1.54, 1.807) is 0 Å². The maximum atomic E-state index is 12.6. The van der Waals surface area contributed by atoms with Gasteiger partial charge in [-0.15, -0.1) is 0 Å². The molecule has 2 N–H and O–H groups in total. The summed E-state index contributed by atoms with van der Waals surface area (Å²) in [5, 5.41) is 0.256. The largest absolute Gasteiger partial charge is 0.396 e. The quantitative estimate of drug-likeness (QED) is 0.851. The standard InChI is InChI=1S/C12H16Cl2N2O2S/c1-7-5-16(6-8(7)2)19(17,18)10-4-3-9(13)12(15)11(10)14/h3-4,7-8H,5-6,15H2,1-2H3. The van der Waals surface area contributed by atoms with Gasteiger partial charge >= 0.3 is 0 Å². The molecule has 0 amide bonds. The van der Waals surface area contributed by atoms with Crippen molar-refractivity contribution in [1.82, 2.24) is 4.31 Å². The van der Waals surface area contributed by atoms with Gasteiger partial charge in [0.15, 0.2) is 0 Å². The number of benzene rings is 1. The molecule has 1 fully saturated rings. The summed E-state index contributed by atoms with van der Waals surface area (Å²) in [5.74, 6) is 0.663. The molecule has 1 aromatic rings. The molecular weight excluding hydrogens is 307 g/mol. The van der Waals surface area contributed by atoms with Crippen molar-refractivity contribution in [3.8, 4) is 0 Å². The molecule has 0 saturated carbocycles. The molecule has 1 aromatic carbocycles. The highest BCUT2D eigenvalue weighted by atomic mass is 35.5. The molecule has 1 saturated heterocycles. The van der Waals surface area contributed by atoms with Crippen LogP contribution >= 0.6 is 23.2 Å². The molecule has 2 rings (SSSR count). The van der Waals surface area contributed by atoms with Gasteiger partial charge in [-0.2, -0.15) is 4.31 Å². The fourth-order valence-corrected chi connectivity index (χ4v) is 4.54. The van der Waals surface area contributed by atoms with Crippen molar-refractivity contribution in [3.05, 3.63) is 22.2 Å². The lowest BCUT2D eigenvalue weighted by atomic mass is 10.0. The SMILES string of the molecule is CC1CN(S(=O)(=O)c2ccc(Cl)c(N)c2Cl)CC1C. The van der Waals surface area contributed by atoms with Crippen LogP contribution in [0.2, 0.25) is 10.0 Å². The van der Waals surface area contributed by atoms with Crippen LogP contribution in [0.1, 0.15) is 13.8 Å². The normalized spacial score (nSPS) is 24.8. The minimum atomic E-state index is -3.61. The van der Waals surface area contributed by atoms with Crippen LogP contribution in [0, 0.1) is 11.8 Å². The van der Waals surface area contributed by atoms with Crippen LogP contribution in [0.3, 0.4) is 0 Å². The average molecular weight is 323 g/mol. The highest BCUT2D eigenvalue weighted by Gasteiger charge is 2.36. The molecule has 1 heterocycles. The van der Waals surface area contributed by atoms with Gasteiger partial charge < -0.3 is 5.73 Å². The second kappa shape index (κ2) is 5.13. The first-order valence-corrected chi connectivity index (χ1v) is 8.18. The van der Waals surface area contributed by atoms with Crippen LogP contribution in [0.5, 0.6) is 0 Å². The Kier molecular flexibility index (Phi) is 4.02. The first-order valence-electron chi connectivity index (χ1n) is 5.98. The summed E-state index contributed by atoms with van der Waals surface area (Å²) < 4.78 is 26.6. The van der Waals surface area contributed by atoms with E-state index in [2.05, 4.69) is 0 Å². The average Bonchev–Trinajstić information content (AvgIpc) is 2.67. The van der Waals surface area contributed by atoms with E-state index in [0.29, 0.717) is 24.9 Å². The molecule has 2 unspecified atom stereocenters. The predicted molar refractivity (Wildman–Crippen MR) is 78.0 cm³/mol. The van der Waals surface area contributed by atoms with Crippen molar-refractivity contribution >= 4 is 38.9 Å². The summed E-state index contributed by atoms with van der Waals surface area (Å²) in [7, 11) is -3.61. The van der Waals surface area contributed by atoms with Crippen LogP contribution in [-0.2, 0) is 10.0 Å². The zero-order chi connectivity index (χ0) is 14.4. The Labute approximate surface area is 123 Å². The van der Waals surface area contributed by atoms with E-state index in [1.807, 2.05) is 13.8 Å². The lowest BCUT2D eigenvalue weighted by Gasteiger charge is -2.18. The smallest absolute Gasteiger partial charge is 0.244 e. The molecule has 0 bridgehead atoms. The highest BCUT2D eigenvalue weighted by molar-refractivity contribution is 7.89. The van der Waals surface area contributed by atoms with Crippen LogP contribution in [0.4, 0.5) is 5.69 Å². The van der Waals surface area contributed by atoms with E-state index in [9.17, 15) is 8.42 Å². The van der Waals surface area contributed by atoms with Gasteiger partial charge in [0.2, 0.25) is 10.0 Å². The summed E-state index contributed by atoms with van der Waals surface area (Å²) in [4.78, 5) is 0.0253. The van der Waals surface area contributed by atoms with Gasteiger partial charge in [0, 0.05) is 13.1 Å². The zero-order valence-electron chi connectivity index (χ0n) is 10.7. The summed E-state index contributed by atoms with van der Waals surface area (Å²) in [6.07, 6.45) is 0. The van der Waals surface area contributed by atoms with Gasteiger partial charge in [0.1, 0.15) is 4.90 Å². The Balaban J connectivity index is 2.44. The molecule has 4 nitrogen and oxygen atoms in total. The van der Waals surface area contributed by atoms with Gasteiger partial charge in [-0.3, -0.25) is 0 Å². The van der Waals surface area contributed by atoms with E-state index < -0.39 is 10.0 Å². The minimum absolute atomic E-state index is 0.000272. The minimum Gasteiger partial charge on any atom is -0.396 e. The fraction of sp³-hybridized carbons (Fsp3) is 0.500. The molecule has 2 atom stereocenters. The van der Waals surface area contributed by atoms with E-state index in [-0.39, 0.29) is 20.6 Å². The Hall–Kier alpha value is -0.490. The second-order valence-corrected chi connectivity index (χ2v) is 7.74. The third-order valence-electron chi connectivity index (χ3n) is 3.66. The summed E-state index contributed by atoms with van der Waals surface area (Å²) in [5.41, 5.74) is 5.79. The van der Waals surface area contributed by atoms with E-state index in [1.165, 1.54) is 16.4 Å². The van der Waals surface area contributed by atoms with Crippen molar-refractivity contribution in [3.63, 3.8) is 0 Å². The summed E-state index contributed by atoms with van der Waals surface area (Å²) in [6.45, 7) is 5.08. The van der Waals surface area contributed by atoms with E-state index >= 15 is 0 Å². The molecule has 0 radical (unpaired) electrons. The van der Waals surface area contributed by atoms with Crippen LogP contribution < -0.4 is 5.73 Å². The molecule has 1 aliphatic heterocycles. The fourth-order valence-electron chi connectivity index (χ4n) is 2.16. The number of sulfonamides is 1. The molecule has 106 valence electrons. The van der Waals surface area contributed by atoms with Gasteiger partial charge in [0.05, 0.1) is 15.7 Å². The highest BCUT2D eigenvalue weighted by Crippen LogP contribution is 2.36. The van der Waals surface area contributed by atoms with Crippen molar-refractivity contribution in [2.75, 3.05) is 18.8 Å². The van der Waals surface area contributed by atoms with Crippen molar-refractivity contribution in [1.29, 1.82) is 0 Å². The van der Waals surface area contributed by atoms with E-state index in [4.69, 9.17) is 28.9 Å². The topological polar surface area (TPSA) is 63.4 Å².